The zero-order chi connectivity index (χ0) is 23.7. The molecular formula is C25H17F2N4O3+. The molecule has 3 aromatic heterocycles. The van der Waals surface area contributed by atoms with Crippen LogP contribution in [0, 0.1) is 11.6 Å². The smallest absolute Gasteiger partial charge is 0.325 e. The maximum Gasteiger partial charge on any atom is 0.325 e. The number of halogens is 2. The number of nitrogens with one attached hydrogen (secondary N) is 2. The van der Waals surface area contributed by atoms with Crippen molar-refractivity contribution in [2.45, 2.75) is 0 Å². The molecule has 0 unspecified atom stereocenters. The predicted octanol–water partition coefficient (Wildman–Crippen LogP) is 5.08. The maximum atomic E-state index is 14.7. The Balaban J connectivity index is 1.37. The van der Waals surface area contributed by atoms with Gasteiger partial charge in [-0.3, -0.25) is 10.0 Å². The lowest BCUT2D eigenvalue weighted by molar-refractivity contribution is -0.897. The predicted molar refractivity (Wildman–Crippen MR) is 120 cm³/mol. The number of amides is 1. The lowest BCUT2D eigenvalue weighted by atomic mass is 10.1. The molecule has 168 valence electrons. The van der Waals surface area contributed by atoms with Gasteiger partial charge >= 0.3 is 11.6 Å². The Kier molecular flexibility index (Phi) is 5.35. The Labute approximate surface area is 191 Å². The van der Waals surface area contributed by atoms with Crippen molar-refractivity contribution in [3.8, 4) is 22.8 Å². The van der Waals surface area contributed by atoms with Crippen LogP contribution in [0.4, 0.5) is 14.5 Å². The summed E-state index contributed by atoms with van der Waals surface area (Å²) in [6.45, 7) is 0. The van der Waals surface area contributed by atoms with E-state index in [9.17, 15) is 18.8 Å². The van der Waals surface area contributed by atoms with Gasteiger partial charge in [-0.05, 0) is 54.6 Å². The molecule has 1 amide bonds. The maximum absolute atomic E-state index is 14.7. The van der Waals surface area contributed by atoms with Crippen LogP contribution in [0.1, 0.15) is 10.5 Å². The molecule has 34 heavy (non-hydrogen) atoms. The van der Waals surface area contributed by atoms with E-state index in [4.69, 9.17) is 4.74 Å². The van der Waals surface area contributed by atoms with Crippen molar-refractivity contribution in [2.75, 3.05) is 5.32 Å². The molecule has 0 spiro atoms. The molecule has 5 rings (SSSR count). The van der Waals surface area contributed by atoms with Crippen molar-refractivity contribution < 1.29 is 28.2 Å². The Hall–Kier alpha value is -4.79. The van der Waals surface area contributed by atoms with Gasteiger partial charge in [0, 0.05) is 35.3 Å². The molecule has 5 aromatic rings. The van der Waals surface area contributed by atoms with Gasteiger partial charge < -0.3 is 15.0 Å². The quantitative estimate of drug-likeness (QED) is 0.253. The first-order valence-electron chi connectivity index (χ1n) is 10.2. The number of pyridine rings is 2. The van der Waals surface area contributed by atoms with Crippen molar-refractivity contribution in [3.05, 3.63) is 103 Å². The molecule has 3 N–H and O–H groups in total. The Morgan fingerprint density at radius 1 is 1.03 bits per heavy atom. The van der Waals surface area contributed by atoms with E-state index in [2.05, 4.69) is 15.3 Å². The minimum atomic E-state index is -0.734. The van der Waals surface area contributed by atoms with Gasteiger partial charge in [-0.2, -0.15) is 0 Å². The van der Waals surface area contributed by atoms with Crippen LogP contribution in [0.15, 0.2) is 85.2 Å². The van der Waals surface area contributed by atoms with Crippen molar-refractivity contribution in [2.24, 2.45) is 0 Å². The van der Waals surface area contributed by atoms with E-state index < -0.39 is 17.5 Å². The first-order valence-corrected chi connectivity index (χ1v) is 10.2. The second kappa shape index (κ2) is 8.62. The number of benzene rings is 2. The molecule has 0 aliphatic carbocycles. The van der Waals surface area contributed by atoms with E-state index in [0.29, 0.717) is 21.7 Å². The standard InChI is InChI=1S/C25H16F2N4O3/c26-16-6-4-15(5-7-16)21-2-1-3-22(31(21)33)25(32)30-20-9-8-17(14-19(20)27)34-23-11-13-29-24-18(23)10-12-28-24/h1-14H,(H2-,28,29,30,32,33)/p+1. The zero-order valence-electron chi connectivity index (χ0n) is 17.5. The van der Waals surface area contributed by atoms with Gasteiger partial charge in [0.05, 0.1) is 16.6 Å². The third kappa shape index (κ3) is 4.02. The van der Waals surface area contributed by atoms with Crippen LogP contribution in [0.5, 0.6) is 11.5 Å². The number of carbonyl (C=O) groups excluding carboxylic acids is 1. The molecule has 0 bridgehead atoms. The summed E-state index contributed by atoms with van der Waals surface area (Å²) in [5.74, 6) is -1.14. The van der Waals surface area contributed by atoms with Gasteiger partial charge in [-0.15, -0.1) is 0 Å². The van der Waals surface area contributed by atoms with Gasteiger partial charge in [0.1, 0.15) is 28.8 Å². The lowest BCUT2D eigenvalue weighted by Crippen LogP contribution is -2.41. The summed E-state index contributed by atoms with van der Waals surface area (Å²) in [5, 5.41) is 13.7. The largest absolute Gasteiger partial charge is 0.456 e. The zero-order valence-corrected chi connectivity index (χ0v) is 17.5. The van der Waals surface area contributed by atoms with Crippen LogP contribution < -0.4 is 14.8 Å². The van der Waals surface area contributed by atoms with Crippen LogP contribution in [-0.2, 0) is 0 Å². The van der Waals surface area contributed by atoms with Crippen LogP contribution in [-0.4, -0.2) is 21.1 Å². The lowest BCUT2D eigenvalue weighted by Gasteiger charge is -2.09. The second-order valence-corrected chi connectivity index (χ2v) is 7.36. The van der Waals surface area contributed by atoms with Crippen LogP contribution >= 0.6 is 0 Å². The summed E-state index contributed by atoms with van der Waals surface area (Å²) in [6, 6.07) is 17.4. The molecule has 0 aliphatic heterocycles. The van der Waals surface area contributed by atoms with E-state index in [1.807, 2.05) is 0 Å². The van der Waals surface area contributed by atoms with Crippen molar-refractivity contribution in [3.63, 3.8) is 0 Å². The minimum Gasteiger partial charge on any atom is -0.456 e. The Bertz CT molecular complexity index is 1520. The highest BCUT2D eigenvalue weighted by molar-refractivity contribution is 6.02. The minimum absolute atomic E-state index is 0.0916. The second-order valence-electron chi connectivity index (χ2n) is 7.36. The average molecular weight is 459 g/mol. The number of hydrogen-bond acceptors (Lipinski definition) is 4. The molecular weight excluding hydrogens is 442 g/mol. The molecule has 0 radical (unpaired) electrons. The highest BCUT2D eigenvalue weighted by atomic mass is 19.1. The SMILES string of the molecule is O=C(Nc1ccc(Oc2ccnc3[nH]ccc23)cc1F)c1cccc(-c2ccc(F)cc2)[n+]1O. The topological polar surface area (TPSA) is 91.1 Å². The van der Waals surface area contributed by atoms with Crippen LogP contribution in [0.3, 0.4) is 0 Å². The third-order valence-electron chi connectivity index (χ3n) is 5.17. The highest BCUT2D eigenvalue weighted by Gasteiger charge is 2.25. The van der Waals surface area contributed by atoms with Crippen LogP contribution in [0.25, 0.3) is 22.3 Å². The summed E-state index contributed by atoms with van der Waals surface area (Å²) in [4.78, 5) is 19.9. The number of ether oxygens (including phenoxy) is 1. The van der Waals surface area contributed by atoms with Gasteiger partial charge in [-0.25, -0.2) is 13.8 Å². The van der Waals surface area contributed by atoms with Gasteiger partial charge in [0.2, 0.25) is 0 Å². The third-order valence-corrected chi connectivity index (χ3v) is 5.17. The molecule has 0 saturated heterocycles. The molecule has 7 nitrogen and oxygen atoms in total. The first-order chi connectivity index (χ1) is 16.5. The summed E-state index contributed by atoms with van der Waals surface area (Å²) >= 11 is 0. The number of fused-ring (bicyclic) bond motifs is 1. The van der Waals surface area contributed by atoms with Crippen LogP contribution in [0.2, 0.25) is 0 Å². The Morgan fingerprint density at radius 2 is 1.85 bits per heavy atom. The van der Waals surface area contributed by atoms with E-state index in [-0.39, 0.29) is 22.8 Å². The van der Waals surface area contributed by atoms with E-state index in [0.717, 1.165) is 11.5 Å². The van der Waals surface area contributed by atoms with Gasteiger partial charge in [-0.1, -0.05) is 0 Å². The Morgan fingerprint density at radius 3 is 2.65 bits per heavy atom. The molecule has 0 fully saturated rings. The first kappa shape index (κ1) is 21.1. The van der Waals surface area contributed by atoms with E-state index in [1.54, 1.807) is 36.7 Å². The van der Waals surface area contributed by atoms with E-state index >= 15 is 0 Å². The van der Waals surface area contributed by atoms with Crippen molar-refractivity contribution in [1.29, 1.82) is 0 Å². The summed E-state index contributed by atoms with van der Waals surface area (Å²) in [6.07, 6.45) is 3.30. The highest BCUT2D eigenvalue weighted by Crippen LogP contribution is 2.30. The number of carbonyl (C=O) groups is 1. The summed E-state index contributed by atoms with van der Waals surface area (Å²) < 4.78 is 34.4. The molecule has 3 heterocycles. The fourth-order valence-electron chi connectivity index (χ4n) is 3.51. The summed E-state index contributed by atoms with van der Waals surface area (Å²) in [7, 11) is 0. The molecule has 9 heteroatoms. The molecule has 0 atom stereocenters. The van der Waals surface area contributed by atoms with Gasteiger partial charge in [0.25, 0.3) is 5.69 Å². The summed E-state index contributed by atoms with van der Waals surface area (Å²) in [5.41, 5.74) is 1.19. The molecule has 0 saturated carbocycles. The van der Waals surface area contributed by atoms with E-state index in [1.165, 1.54) is 42.5 Å². The van der Waals surface area contributed by atoms with Gasteiger partial charge in [0.15, 0.2) is 0 Å². The number of anilines is 1. The number of rotatable bonds is 5. The van der Waals surface area contributed by atoms with Crippen molar-refractivity contribution in [1.82, 2.24) is 9.97 Å². The molecule has 2 aromatic carbocycles. The average Bonchev–Trinajstić information content (AvgIpc) is 3.32. The number of H-pyrrole nitrogens is 1. The monoisotopic (exact) mass is 459 g/mol. The molecule has 0 aliphatic rings. The van der Waals surface area contributed by atoms with Crippen molar-refractivity contribution >= 4 is 22.6 Å². The number of nitrogens with zero attached hydrogens (tertiary/aromatic N) is 2. The number of aromatic nitrogens is 3. The fraction of sp³-hybridized carbons (Fsp3) is 0. The normalized spacial score (nSPS) is 10.9. The number of hydrogen-bond donors (Lipinski definition) is 3. The number of aromatic amines is 1. The fourth-order valence-corrected chi connectivity index (χ4v) is 3.51.